The van der Waals surface area contributed by atoms with Gasteiger partial charge in [0.15, 0.2) is 0 Å². The van der Waals surface area contributed by atoms with Crippen LogP contribution in [0.25, 0.3) is 0 Å². The molecular weight excluding hydrogens is 260 g/mol. The number of aliphatic carboxylic acids is 1. The van der Waals surface area contributed by atoms with Crippen LogP contribution in [0, 0.1) is 24.7 Å². The first-order chi connectivity index (χ1) is 8.97. The van der Waals surface area contributed by atoms with E-state index < -0.39 is 5.97 Å². The predicted molar refractivity (Wildman–Crippen MR) is 77.5 cm³/mol. The molecule has 0 heterocycles. The third kappa shape index (κ3) is 3.50. The molecule has 0 aromatic heterocycles. The van der Waals surface area contributed by atoms with Gasteiger partial charge in [0.1, 0.15) is 0 Å². The van der Waals surface area contributed by atoms with Gasteiger partial charge in [-0.1, -0.05) is 30.7 Å². The van der Waals surface area contributed by atoms with Crippen LogP contribution in [0.4, 0.5) is 0 Å². The van der Waals surface area contributed by atoms with E-state index in [-0.39, 0.29) is 11.8 Å². The molecule has 1 N–H and O–H groups in total. The maximum Gasteiger partial charge on any atom is 0.306 e. The molecule has 0 saturated heterocycles. The Morgan fingerprint density at radius 3 is 2.79 bits per heavy atom. The van der Waals surface area contributed by atoms with Gasteiger partial charge in [-0.2, -0.15) is 0 Å². The minimum Gasteiger partial charge on any atom is -0.481 e. The molecule has 1 saturated carbocycles. The fourth-order valence-electron chi connectivity index (χ4n) is 3.15. The van der Waals surface area contributed by atoms with Crippen LogP contribution in [0.5, 0.6) is 0 Å². The van der Waals surface area contributed by atoms with Crippen molar-refractivity contribution in [2.75, 3.05) is 0 Å². The van der Waals surface area contributed by atoms with Crippen molar-refractivity contribution >= 4 is 17.6 Å². The number of carboxylic acids is 1. The van der Waals surface area contributed by atoms with E-state index in [9.17, 15) is 9.90 Å². The highest BCUT2D eigenvalue weighted by atomic mass is 35.5. The van der Waals surface area contributed by atoms with Crippen LogP contribution < -0.4 is 0 Å². The smallest absolute Gasteiger partial charge is 0.306 e. The second-order valence-corrected chi connectivity index (χ2v) is 6.33. The van der Waals surface area contributed by atoms with E-state index in [1.165, 1.54) is 0 Å². The molecule has 1 aliphatic rings. The van der Waals surface area contributed by atoms with E-state index in [1.54, 1.807) is 0 Å². The van der Waals surface area contributed by atoms with E-state index in [2.05, 4.69) is 6.92 Å². The summed E-state index contributed by atoms with van der Waals surface area (Å²) in [5.41, 5.74) is 2.22. The van der Waals surface area contributed by atoms with Crippen LogP contribution in [0.3, 0.4) is 0 Å². The first-order valence-corrected chi connectivity index (χ1v) is 7.33. The fourth-order valence-corrected chi connectivity index (χ4v) is 3.46. The van der Waals surface area contributed by atoms with Crippen LogP contribution in [0.15, 0.2) is 18.2 Å². The van der Waals surface area contributed by atoms with Crippen LogP contribution in [-0.4, -0.2) is 11.1 Å². The van der Waals surface area contributed by atoms with E-state index in [1.807, 2.05) is 25.1 Å². The lowest BCUT2D eigenvalue weighted by molar-refractivity contribution is -0.145. The Hall–Kier alpha value is -1.02. The summed E-state index contributed by atoms with van der Waals surface area (Å²) in [4.78, 5) is 11.4. The number of halogens is 1. The molecule has 1 aliphatic carbocycles. The molecule has 0 radical (unpaired) electrons. The van der Waals surface area contributed by atoms with Gasteiger partial charge in [-0.15, -0.1) is 0 Å². The standard InChI is InChI=1S/C16H21ClO2/c1-10-4-6-14(16(18)19)13(7-10)9-12-5-3-11(2)8-15(12)17/h3,5,8,10,13-14H,4,6-7,9H2,1-2H3,(H,18,19). The molecule has 3 heteroatoms. The van der Waals surface area contributed by atoms with Crippen LogP contribution in [0.2, 0.25) is 5.02 Å². The van der Waals surface area contributed by atoms with E-state index in [4.69, 9.17) is 11.6 Å². The molecule has 104 valence electrons. The monoisotopic (exact) mass is 280 g/mol. The van der Waals surface area contributed by atoms with Crippen LogP contribution in [-0.2, 0) is 11.2 Å². The average Bonchev–Trinajstić information content (AvgIpc) is 2.32. The zero-order chi connectivity index (χ0) is 14.0. The summed E-state index contributed by atoms with van der Waals surface area (Å²) in [6.07, 6.45) is 3.58. The van der Waals surface area contributed by atoms with Crippen molar-refractivity contribution in [3.8, 4) is 0 Å². The van der Waals surface area contributed by atoms with Gasteiger partial charge in [0.2, 0.25) is 0 Å². The second-order valence-electron chi connectivity index (χ2n) is 5.92. The number of aryl methyl sites for hydroxylation is 1. The molecule has 0 spiro atoms. The van der Waals surface area contributed by atoms with Gasteiger partial charge >= 0.3 is 5.97 Å². The minimum atomic E-state index is -0.653. The molecule has 19 heavy (non-hydrogen) atoms. The van der Waals surface area contributed by atoms with Gasteiger partial charge in [0, 0.05) is 5.02 Å². The quantitative estimate of drug-likeness (QED) is 0.895. The third-order valence-corrected chi connectivity index (χ3v) is 4.60. The topological polar surface area (TPSA) is 37.3 Å². The number of rotatable bonds is 3. The zero-order valence-electron chi connectivity index (χ0n) is 11.5. The largest absolute Gasteiger partial charge is 0.481 e. The zero-order valence-corrected chi connectivity index (χ0v) is 12.3. The first kappa shape index (κ1) is 14.4. The van der Waals surface area contributed by atoms with Crippen molar-refractivity contribution in [2.24, 2.45) is 17.8 Å². The molecule has 1 fully saturated rings. The van der Waals surface area contributed by atoms with Crippen molar-refractivity contribution in [2.45, 2.75) is 39.5 Å². The summed E-state index contributed by atoms with van der Waals surface area (Å²) in [5, 5.41) is 10.1. The van der Waals surface area contributed by atoms with Crippen molar-refractivity contribution in [1.82, 2.24) is 0 Å². The number of hydrogen-bond donors (Lipinski definition) is 1. The molecule has 2 rings (SSSR count). The highest BCUT2D eigenvalue weighted by molar-refractivity contribution is 6.31. The van der Waals surface area contributed by atoms with E-state index in [0.29, 0.717) is 5.92 Å². The normalized spacial score (nSPS) is 27.2. The lowest BCUT2D eigenvalue weighted by Crippen LogP contribution is -2.31. The number of hydrogen-bond acceptors (Lipinski definition) is 1. The Balaban J connectivity index is 2.16. The lowest BCUT2D eigenvalue weighted by Gasteiger charge is -2.32. The summed E-state index contributed by atoms with van der Waals surface area (Å²) in [7, 11) is 0. The van der Waals surface area contributed by atoms with Crippen LogP contribution in [0.1, 0.15) is 37.3 Å². The Labute approximate surface area is 119 Å². The maximum absolute atomic E-state index is 11.4. The van der Waals surface area contributed by atoms with E-state index in [0.717, 1.165) is 41.8 Å². The highest BCUT2D eigenvalue weighted by Gasteiger charge is 2.33. The van der Waals surface area contributed by atoms with Gasteiger partial charge < -0.3 is 5.11 Å². The molecule has 1 aromatic carbocycles. The van der Waals surface area contributed by atoms with Crippen molar-refractivity contribution in [3.63, 3.8) is 0 Å². The number of benzene rings is 1. The van der Waals surface area contributed by atoms with Gasteiger partial charge in [-0.25, -0.2) is 0 Å². The summed E-state index contributed by atoms with van der Waals surface area (Å²) in [6, 6.07) is 6.04. The van der Waals surface area contributed by atoms with Gasteiger partial charge in [0.25, 0.3) is 0 Å². The van der Waals surface area contributed by atoms with Crippen molar-refractivity contribution in [1.29, 1.82) is 0 Å². The third-order valence-electron chi connectivity index (χ3n) is 4.25. The minimum absolute atomic E-state index is 0.210. The molecule has 3 unspecified atom stereocenters. The highest BCUT2D eigenvalue weighted by Crippen LogP contribution is 2.37. The molecule has 2 nitrogen and oxygen atoms in total. The Morgan fingerprint density at radius 1 is 1.42 bits per heavy atom. The second kappa shape index (κ2) is 5.96. The number of carboxylic acid groups (broad SMARTS) is 1. The van der Waals surface area contributed by atoms with Crippen molar-refractivity contribution in [3.05, 3.63) is 34.3 Å². The summed E-state index contributed by atoms with van der Waals surface area (Å²) >= 11 is 6.26. The Morgan fingerprint density at radius 2 is 2.16 bits per heavy atom. The molecule has 3 atom stereocenters. The molecular formula is C16H21ClO2. The number of carbonyl (C=O) groups is 1. The fraction of sp³-hybridized carbons (Fsp3) is 0.562. The maximum atomic E-state index is 11.4. The van der Waals surface area contributed by atoms with Gasteiger partial charge in [-0.05, 0) is 61.6 Å². The lowest BCUT2D eigenvalue weighted by atomic mass is 9.72. The predicted octanol–water partition coefficient (Wildman–Crippen LogP) is 4.33. The summed E-state index contributed by atoms with van der Waals surface area (Å²) in [6.45, 7) is 4.22. The molecule has 0 bridgehead atoms. The SMILES string of the molecule is Cc1ccc(CC2CC(C)CCC2C(=O)O)c(Cl)c1. The first-order valence-electron chi connectivity index (χ1n) is 6.95. The van der Waals surface area contributed by atoms with Gasteiger partial charge in [-0.3, -0.25) is 4.79 Å². The van der Waals surface area contributed by atoms with Crippen molar-refractivity contribution < 1.29 is 9.90 Å². The summed E-state index contributed by atoms with van der Waals surface area (Å²) < 4.78 is 0. The molecule has 0 amide bonds. The van der Waals surface area contributed by atoms with E-state index >= 15 is 0 Å². The molecule has 0 aliphatic heterocycles. The molecule has 1 aromatic rings. The average molecular weight is 281 g/mol. The van der Waals surface area contributed by atoms with Crippen LogP contribution >= 0.6 is 11.6 Å². The summed E-state index contributed by atoms with van der Waals surface area (Å²) in [5.74, 6) is -0.0417. The van der Waals surface area contributed by atoms with Gasteiger partial charge in [0.05, 0.1) is 5.92 Å². The Kier molecular flexibility index (Phi) is 4.51. The Bertz CT molecular complexity index is 470.